The molecule has 16 nitrogen and oxygen atoms in total. The Labute approximate surface area is 123 Å². The van der Waals surface area contributed by atoms with Gasteiger partial charge in [0.1, 0.15) is 0 Å². The van der Waals surface area contributed by atoms with Crippen molar-refractivity contribution < 1.29 is 70.1 Å². The van der Waals surface area contributed by atoms with E-state index in [0.29, 0.717) is 0 Å². The summed E-state index contributed by atoms with van der Waals surface area (Å²) in [5.74, 6) is 0. The van der Waals surface area contributed by atoms with Gasteiger partial charge in [-0.1, -0.05) is 0 Å². The smallest absolute Gasteiger partial charge is 0.726 e. The third kappa shape index (κ3) is 67100. The molecule has 0 spiro atoms. The molecule has 0 rings (SSSR count). The largest absolute Gasteiger partial charge is 4.00 e. The topological polar surface area (TPSA) is 310 Å². The molecule has 0 aliphatic rings. The summed E-state index contributed by atoms with van der Waals surface area (Å²) < 4.78 is 131. The van der Waals surface area contributed by atoms with Gasteiger partial charge in [0.15, 0.2) is 0 Å². The van der Waals surface area contributed by atoms with Gasteiger partial charge in [0.25, 0.3) is 0 Å². The first kappa shape index (κ1) is 32.6. The van der Waals surface area contributed by atoms with Gasteiger partial charge in [0.05, 0.1) is 0 Å². The van der Waals surface area contributed by atoms with Crippen molar-refractivity contribution in [1.29, 1.82) is 0 Å². The summed E-state index contributed by atoms with van der Waals surface area (Å²) in [5, 5.41) is 0. The van der Waals surface area contributed by atoms with Gasteiger partial charge in [0.2, 0.25) is 41.6 Å². The molecule has 0 bridgehead atoms. The van der Waals surface area contributed by atoms with Crippen LogP contribution in [0.3, 0.4) is 0 Å². The summed E-state index contributed by atoms with van der Waals surface area (Å²) in [6.45, 7) is 0. The van der Waals surface area contributed by atoms with Gasteiger partial charge in [-0.05, 0) is 0 Å². The molecule has 128 valence electrons. The van der Waals surface area contributed by atoms with Crippen molar-refractivity contribution in [2.75, 3.05) is 0 Å². The molecule has 0 amide bonds. The van der Waals surface area contributed by atoms with E-state index in [2.05, 4.69) is 0 Å². The first-order valence-corrected chi connectivity index (χ1v) is 8.19. The minimum absolute atomic E-state index is 0. The van der Waals surface area contributed by atoms with E-state index in [1.165, 1.54) is 0 Å². The fourth-order valence-corrected chi connectivity index (χ4v) is 0. The standard InChI is InChI=1S/4H2O4S.Si/c4*1-5(2,3)4;/h4*(H2,1,2,3,4);/q;;;;+4/p-4. The van der Waals surface area contributed by atoms with Crippen molar-refractivity contribution in [1.82, 2.24) is 0 Å². The van der Waals surface area contributed by atoms with Crippen molar-refractivity contribution in [2.45, 2.75) is 0 Å². The molecular formula is H4O16S4Si. The van der Waals surface area contributed by atoms with E-state index in [1.807, 2.05) is 0 Å². The molecule has 4 N–H and O–H groups in total. The van der Waals surface area contributed by atoms with E-state index in [1.54, 1.807) is 0 Å². The van der Waals surface area contributed by atoms with Gasteiger partial charge in [-0.2, -0.15) is 0 Å². The molecule has 0 aromatic carbocycles. The van der Waals surface area contributed by atoms with Crippen molar-refractivity contribution in [2.24, 2.45) is 0 Å². The fourth-order valence-electron chi connectivity index (χ4n) is 0. The zero-order valence-electron chi connectivity index (χ0n) is 8.82. The number of hydrogen-bond acceptors (Lipinski definition) is 12. The maximum Gasteiger partial charge on any atom is 4.00 e. The normalized spacial score (nSPS) is 11.0. The van der Waals surface area contributed by atoms with Gasteiger partial charge >= 0.3 is 11.0 Å². The molecule has 0 atom stereocenters. The zero-order chi connectivity index (χ0) is 18.0. The second-order valence-corrected chi connectivity index (χ2v) is 5.13. The molecular weight excluding hydrogens is 412 g/mol. The van der Waals surface area contributed by atoms with Gasteiger partial charge in [0, 0.05) is 0 Å². The maximum absolute atomic E-state index is 8.63. The number of hydrogen-bond donors (Lipinski definition) is 4. The Morgan fingerprint density at radius 1 is 0.429 bits per heavy atom. The Balaban J connectivity index is -0.0000000533. The first-order valence-electron chi connectivity index (χ1n) is 2.73. The summed E-state index contributed by atoms with van der Waals surface area (Å²) in [4.78, 5) is 0. The predicted octanol–water partition coefficient (Wildman–Crippen LogP) is -4.36. The van der Waals surface area contributed by atoms with Crippen LogP contribution in [0.5, 0.6) is 0 Å². The van der Waals surface area contributed by atoms with E-state index >= 15 is 0 Å². The average molecular weight is 416 g/mol. The monoisotopic (exact) mass is 416 g/mol. The summed E-state index contributed by atoms with van der Waals surface area (Å²) in [6, 6.07) is 0. The van der Waals surface area contributed by atoms with E-state index < -0.39 is 41.6 Å². The minimum Gasteiger partial charge on any atom is -0.726 e. The summed E-state index contributed by atoms with van der Waals surface area (Å²) in [5.41, 5.74) is 0. The molecule has 0 aromatic rings. The van der Waals surface area contributed by atoms with Gasteiger partial charge in [-0.3, -0.25) is 18.2 Å². The van der Waals surface area contributed by atoms with Crippen LogP contribution in [0.15, 0.2) is 0 Å². The van der Waals surface area contributed by atoms with E-state index in [-0.39, 0.29) is 11.0 Å². The predicted molar refractivity (Wildman–Crippen MR) is 55.1 cm³/mol. The van der Waals surface area contributed by atoms with Crippen molar-refractivity contribution in [3.63, 3.8) is 0 Å². The Morgan fingerprint density at radius 2 is 0.429 bits per heavy atom. The third-order valence-electron chi connectivity index (χ3n) is 0. The second-order valence-electron chi connectivity index (χ2n) is 1.71. The molecule has 0 unspecified atom stereocenters. The molecule has 0 radical (unpaired) electrons. The molecule has 0 heterocycles. The summed E-state index contributed by atoms with van der Waals surface area (Å²) in [6.07, 6.45) is 0. The van der Waals surface area contributed by atoms with Gasteiger partial charge in [-0.15, -0.1) is 0 Å². The molecule has 0 saturated heterocycles. The molecule has 0 aromatic heterocycles. The SMILES string of the molecule is O=S(=O)([O-])O.O=S(=O)([O-])O.O=S(=O)([O-])O.O=S(=O)([O-])O.[Si+4]. The fraction of sp³-hybridized carbons (Fsp3) is 0. The molecule has 21 heavy (non-hydrogen) atoms. The Kier molecular flexibility index (Phi) is 19.0. The van der Waals surface area contributed by atoms with Crippen LogP contribution in [0.1, 0.15) is 0 Å². The van der Waals surface area contributed by atoms with Crippen LogP contribution in [0.2, 0.25) is 0 Å². The molecule has 0 fully saturated rings. The van der Waals surface area contributed by atoms with Crippen LogP contribution in [0.4, 0.5) is 0 Å². The Bertz CT molecular complexity index is 473. The van der Waals surface area contributed by atoms with Gasteiger partial charge < -0.3 is 18.2 Å². The van der Waals surface area contributed by atoms with Gasteiger partial charge in [-0.25, -0.2) is 33.7 Å². The third-order valence-corrected chi connectivity index (χ3v) is 0. The zero-order valence-corrected chi connectivity index (χ0v) is 13.1. The van der Waals surface area contributed by atoms with Crippen molar-refractivity contribution in [3.05, 3.63) is 0 Å². The van der Waals surface area contributed by atoms with E-state index in [0.717, 1.165) is 0 Å². The average Bonchev–Trinajstić information content (AvgIpc) is 1.62. The summed E-state index contributed by atoms with van der Waals surface area (Å²) in [7, 11) is -19.7. The molecule has 0 saturated carbocycles. The maximum atomic E-state index is 8.63. The minimum atomic E-state index is -4.92. The molecule has 0 aliphatic carbocycles. The van der Waals surface area contributed by atoms with Crippen molar-refractivity contribution >= 4 is 52.6 Å². The van der Waals surface area contributed by atoms with Crippen LogP contribution < -0.4 is 0 Å². The van der Waals surface area contributed by atoms with E-state index in [4.69, 9.17) is 70.1 Å². The van der Waals surface area contributed by atoms with E-state index in [9.17, 15) is 0 Å². The van der Waals surface area contributed by atoms with Crippen LogP contribution in [0.25, 0.3) is 0 Å². The van der Waals surface area contributed by atoms with Crippen LogP contribution in [-0.4, -0.2) is 81.1 Å². The first-order chi connectivity index (χ1) is 8.00. The molecule has 21 heteroatoms. The van der Waals surface area contributed by atoms with Crippen molar-refractivity contribution in [3.8, 4) is 0 Å². The number of rotatable bonds is 0. The van der Waals surface area contributed by atoms with Crippen LogP contribution in [0, 0.1) is 0 Å². The molecule has 0 aliphatic heterocycles. The quantitative estimate of drug-likeness (QED) is 0.164. The Hall–Kier alpha value is -0.303. The van der Waals surface area contributed by atoms with Crippen LogP contribution >= 0.6 is 0 Å². The summed E-state index contributed by atoms with van der Waals surface area (Å²) >= 11 is 0. The Morgan fingerprint density at radius 3 is 0.429 bits per heavy atom. The van der Waals surface area contributed by atoms with Crippen LogP contribution in [-0.2, 0) is 41.6 Å². The second kappa shape index (κ2) is 12.3.